The van der Waals surface area contributed by atoms with Crippen LogP contribution in [-0.2, 0) is 11.8 Å². The average Bonchev–Trinajstić information content (AvgIpc) is 2.72. The fraction of sp³-hybridized carbons (Fsp3) is 0.333. The molecule has 0 aromatic heterocycles. The van der Waals surface area contributed by atoms with Crippen LogP contribution in [0.2, 0.25) is 0 Å². The minimum Gasteiger partial charge on any atom is -0.496 e. The van der Waals surface area contributed by atoms with E-state index in [1.165, 1.54) is 16.7 Å². The third-order valence-corrected chi connectivity index (χ3v) is 5.36. The van der Waals surface area contributed by atoms with Crippen molar-refractivity contribution < 1.29 is 9.47 Å². The monoisotopic (exact) mass is 388 g/mol. The molecular formula is C27H32O2. The Morgan fingerprint density at radius 3 is 1.97 bits per heavy atom. The topological polar surface area (TPSA) is 18.5 Å². The van der Waals surface area contributed by atoms with E-state index < -0.39 is 0 Å². The molecule has 0 fully saturated rings. The fourth-order valence-electron chi connectivity index (χ4n) is 3.67. The Balaban J connectivity index is 2.05. The van der Waals surface area contributed by atoms with Gasteiger partial charge in [-0.1, -0.05) is 76.6 Å². The van der Waals surface area contributed by atoms with E-state index in [9.17, 15) is 0 Å². The molecule has 0 saturated heterocycles. The average molecular weight is 389 g/mol. The van der Waals surface area contributed by atoms with Gasteiger partial charge in [-0.05, 0) is 52.3 Å². The predicted octanol–water partition coefficient (Wildman–Crippen LogP) is 7.29. The van der Waals surface area contributed by atoms with Gasteiger partial charge in [0.1, 0.15) is 11.5 Å². The molecule has 0 N–H and O–H groups in total. The quantitative estimate of drug-likeness (QED) is 0.441. The molecule has 3 aromatic carbocycles. The smallest absolute Gasteiger partial charge is 0.127 e. The molecule has 0 aliphatic rings. The van der Waals surface area contributed by atoms with E-state index in [1.54, 1.807) is 14.2 Å². The first-order valence-electron chi connectivity index (χ1n) is 10.3. The molecular weight excluding hydrogens is 356 g/mol. The molecule has 0 spiro atoms. The number of ether oxygens (including phenoxy) is 2. The van der Waals surface area contributed by atoms with Gasteiger partial charge in [0.05, 0.1) is 14.2 Å². The minimum absolute atomic E-state index is 0.0727. The number of hydrogen-bond acceptors (Lipinski definition) is 2. The van der Waals surface area contributed by atoms with Crippen LogP contribution in [0.1, 0.15) is 45.2 Å². The summed E-state index contributed by atoms with van der Waals surface area (Å²) < 4.78 is 11.5. The van der Waals surface area contributed by atoms with Crippen molar-refractivity contribution in [1.29, 1.82) is 0 Å². The van der Waals surface area contributed by atoms with E-state index >= 15 is 0 Å². The Hall–Kier alpha value is -2.74. The first-order valence-corrected chi connectivity index (χ1v) is 10.3. The molecule has 0 bridgehead atoms. The summed E-state index contributed by atoms with van der Waals surface area (Å²) in [5.41, 5.74) is 7.16. The second kappa shape index (κ2) is 8.73. The highest BCUT2D eigenvalue weighted by atomic mass is 16.5. The van der Waals surface area contributed by atoms with Crippen molar-refractivity contribution >= 4 is 0 Å². The molecule has 0 aliphatic carbocycles. The van der Waals surface area contributed by atoms with E-state index in [1.807, 2.05) is 0 Å². The van der Waals surface area contributed by atoms with Gasteiger partial charge in [0.2, 0.25) is 0 Å². The highest BCUT2D eigenvalue weighted by Gasteiger charge is 2.18. The van der Waals surface area contributed by atoms with Gasteiger partial charge in [-0.15, -0.1) is 0 Å². The van der Waals surface area contributed by atoms with Crippen LogP contribution in [0.3, 0.4) is 0 Å². The Morgan fingerprint density at radius 1 is 0.724 bits per heavy atom. The number of benzene rings is 3. The van der Waals surface area contributed by atoms with Crippen LogP contribution >= 0.6 is 0 Å². The van der Waals surface area contributed by atoms with Gasteiger partial charge in [0.15, 0.2) is 0 Å². The molecule has 0 atom stereocenters. The summed E-state index contributed by atoms with van der Waals surface area (Å²) in [6.07, 6.45) is 2.25. The van der Waals surface area contributed by atoms with Crippen LogP contribution in [0.25, 0.3) is 22.3 Å². The lowest BCUT2D eigenvalue weighted by molar-refractivity contribution is 0.409. The molecule has 0 amide bonds. The van der Waals surface area contributed by atoms with Crippen LogP contribution in [-0.4, -0.2) is 14.2 Å². The molecule has 0 aliphatic heterocycles. The zero-order valence-electron chi connectivity index (χ0n) is 18.5. The van der Waals surface area contributed by atoms with Crippen molar-refractivity contribution in [1.82, 2.24) is 0 Å². The summed E-state index contributed by atoms with van der Waals surface area (Å²) in [7, 11) is 3.46. The van der Waals surface area contributed by atoms with Gasteiger partial charge in [-0.3, -0.25) is 0 Å². The molecule has 0 heterocycles. The first kappa shape index (κ1) is 21.0. The molecule has 0 radical (unpaired) electrons. The van der Waals surface area contributed by atoms with Crippen LogP contribution in [0.4, 0.5) is 0 Å². The Morgan fingerprint density at radius 2 is 1.34 bits per heavy atom. The van der Waals surface area contributed by atoms with Crippen molar-refractivity contribution in [3.05, 3.63) is 71.8 Å². The summed E-state index contributed by atoms with van der Waals surface area (Å²) in [6, 6.07) is 21.6. The normalized spacial score (nSPS) is 11.4. The summed E-state index contributed by atoms with van der Waals surface area (Å²) in [4.78, 5) is 0. The molecule has 3 rings (SSSR count). The maximum absolute atomic E-state index is 5.78. The first-order chi connectivity index (χ1) is 13.9. The maximum atomic E-state index is 5.78. The van der Waals surface area contributed by atoms with Crippen molar-refractivity contribution in [3.63, 3.8) is 0 Å². The van der Waals surface area contributed by atoms with Crippen molar-refractivity contribution in [2.75, 3.05) is 14.2 Å². The van der Waals surface area contributed by atoms with E-state index in [0.29, 0.717) is 0 Å². The van der Waals surface area contributed by atoms with E-state index in [0.717, 1.165) is 41.0 Å². The highest BCUT2D eigenvalue weighted by molar-refractivity contribution is 5.80. The second-order valence-electron chi connectivity index (χ2n) is 8.53. The SMILES string of the molecule is CCCc1cccc(-c2ccc(-c3ccc(C(C)(C)C)cc3OC)c(OC)c2)c1. The summed E-state index contributed by atoms with van der Waals surface area (Å²) in [6.45, 7) is 8.85. The summed E-state index contributed by atoms with van der Waals surface area (Å²) in [5, 5.41) is 0. The molecule has 0 unspecified atom stereocenters. The minimum atomic E-state index is 0.0727. The van der Waals surface area contributed by atoms with Gasteiger partial charge in [0, 0.05) is 11.1 Å². The standard InChI is InChI=1S/C27H32O2/c1-7-9-19-10-8-11-20(16-19)21-12-14-23(25(17-21)28-5)24-15-13-22(27(2,3)4)18-26(24)29-6/h8,10-18H,7,9H2,1-6H3. The van der Waals surface area contributed by atoms with E-state index in [2.05, 4.69) is 88.4 Å². The van der Waals surface area contributed by atoms with Gasteiger partial charge in [-0.25, -0.2) is 0 Å². The van der Waals surface area contributed by atoms with Crippen LogP contribution in [0.5, 0.6) is 11.5 Å². The van der Waals surface area contributed by atoms with Crippen LogP contribution in [0.15, 0.2) is 60.7 Å². The van der Waals surface area contributed by atoms with Crippen molar-refractivity contribution in [2.45, 2.75) is 46.0 Å². The van der Waals surface area contributed by atoms with Crippen molar-refractivity contribution in [3.8, 4) is 33.8 Å². The van der Waals surface area contributed by atoms with Gasteiger partial charge < -0.3 is 9.47 Å². The number of hydrogen-bond donors (Lipinski definition) is 0. The number of aryl methyl sites for hydroxylation is 1. The largest absolute Gasteiger partial charge is 0.496 e. The Labute approximate surface area is 175 Å². The molecule has 2 nitrogen and oxygen atoms in total. The Kier molecular flexibility index (Phi) is 6.32. The summed E-state index contributed by atoms with van der Waals surface area (Å²) in [5.74, 6) is 1.72. The Bertz CT molecular complexity index is 980. The lowest BCUT2D eigenvalue weighted by atomic mass is 9.85. The molecule has 3 aromatic rings. The molecule has 2 heteroatoms. The number of rotatable bonds is 6. The van der Waals surface area contributed by atoms with E-state index in [4.69, 9.17) is 9.47 Å². The van der Waals surface area contributed by atoms with Crippen LogP contribution in [0, 0.1) is 0 Å². The third kappa shape index (κ3) is 4.64. The maximum Gasteiger partial charge on any atom is 0.127 e. The second-order valence-corrected chi connectivity index (χ2v) is 8.53. The van der Waals surface area contributed by atoms with E-state index in [-0.39, 0.29) is 5.41 Å². The van der Waals surface area contributed by atoms with Crippen LogP contribution < -0.4 is 9.47 Å². The summed E-state index contributed by atoms with van der Waals surface area (Å²) >= 11 is 0. The lowest BCUT2D eigenvalue weighted by Crippen LogP contribution is -2.11. The zero-order valence-corrected chi connectivity index (χ0v) is 18.5. The molecule has 0 saturated carbocycles. The van der Waals surface area contributed by atoms with Crippen molar-refractivity contribution in [2.24, 2.45) is 0 Å². The zero-order chi connectivity index (χ0) is 21.0. The highest BCUT2D eigenvalue weighted by Crippen LogP contribution is 2.40. The molecule has 29 heavy (non-hydrogen) atoms. The molecule has 152 valence electrons. The third-order valence-electron chi connectivity index (χ3n) is 5.36. The lowest BCUT2D eigenvalue weighted by Gasteiger charge is -2.21. The predicted molar refractivity (Wildman–Crippen MR) is 123 cm³/mol. The fourth-order valence-corrected chi connectivity index (χ4v) is 3.67. The van der Waals surface area contributed by atoms with Gasteiger partial charge in [0.25, 0.3) is 0 Å². The van der Waals surface area contributed by atoms with Gasteiger partial charge in [-0.2, -0.15) is 0 Å². The van der Waals surface area contributed by atoms with Gasteiger partial charge >= 0.3 is 0 Å². The number of methoxy groups -OCH3 is 2.